The number of halogens is 7. The molecule has 0 bridgehead atoms. The van der Waals surface area contributed by atoms with Crippen LogP contribution in [0.5, 0.6) is 0 Å². The molecule has 2 aromatic carbocycles. The minimum atomic E-state index is -6.20. The number of hydrogen-bond donors (Lipinski definition) is 1. The van der Waals surface area contributed by atoms with Crippen LogP contribution in [-0.2, 0) is 5.67 Å². The Kier molecular flexibility index (Phi) is 5.56. The molecule has 0 spiro atoms. The maximum Gasteiger partial charge on any atom is 0.435 e. The number of carbonyl (C=O) groups is 1. The first-order valence-electron chi connectivity index (χ1n) is 9.07. The predicted molar refractivity (Wildman–Crippen MR) is 102 cm³/mol. The van der Waals surface area contributed by atoms with E-state index in [1.807, 2.05) is 0 Å². The molecule has 0 radical (unpaired) electrons. The first-order chi connectivity index (χ1) is 14.7. The molecule has 0 aliphatic heterocycles. The van der Waals surface area contributed by atoms with Gasteiger partial charge < -0.3 is 5.73 Å². The van der Waals surface area contributed by atoms with Crippen molar-refractivity contribution in [2.75, 3.05) is 0 Å². The smallest absolute Gasteiger partial charge is 0.366 e. The van der Waals surface area contributed by atoms with Gasteiger partial charge in [0.25, 0.3) is 5.91 Å². The van der Waals surface area contributed by atoms with E-state index in [0.29, 0.717) is 23.4 Å². The van der Waals surface area contributed by atoms with Gasteiger partial charge in [-0.15, -0.1) is 0 Å². The fourth-order valence-corrected chi connectivity index (χ4v) is 3.57. The second-order valence-corrected chi connectivity index (χ2v) is 7.19. The van der Waals surface area contributed by atoms with E-state index in [9.17, 15) is 35.5 Å². The monoisotopic (exact) mass is 459 g/mol. The number of nitrogens with two attached hydrogens (primary N) is 1. The van der Waals surface area contributed by atoms with Crippen molar-refractivity contribution in [2.45, 2.75) is 31.9 Å². The first kappa shape index (κ1) is 23.3. The summed E-state index contributed by atoms with van der Waals surface area (Å²) in [5.74, 6) is -0.715. The van der Waals surface area contributed by atoms with E-state index < -0.39 is 29.5 Å². The number of aryl methyl sites for hydroxylation is 2. The van der Waals surface area contributed by atoms with Crippen LogP contribution >= 0.6 is 0 Å². The maximum absolute atomic E-state index is 14.5. The fraction of sp³-hybridized carbons (Fsp3) is 0.238. The van der Waals surface area contributed by atoms with Gasteiger partial charge in [0.1, 0.15) is 0 Å². The van der Waals surface area contributed by atoms with Gasteiger partial charge in [0.2, 0.25) is 0 Å². The average molecular weight is 459 g/mol. The summed E-state index contributed by atoms with van der Waals surface area (Å²) in [5, 5.41) is 4.11. The standard InChI is InChI=1S/C21H16F7N3O/c1-11-7-14(19(22,20(23,24)25)21(26,27)28)8-12(2)17(11)13-9-30-31(10-13)16-6-4-3-5-15(16)18(29)32/h3-10H,1-2H3,(H2,29,32). The fourth-order valence-electron chi connectivity index (χ4n) is 3.57. The first-order valence-corrected chi connectivity index (χ1v) is 9.07. The van der Waals surface area contributed by atoms with E-state index in [1.54, 1.807) is 18.2 Å². The highest BCUT2D eigenvalue weighted by atomic mass is 19.4. The lowest BCUT2D eigenvalue weighted by atomic mass is 9.87. The Labute approximate surface area is 177 Å². The van der Waals surface area contributed by atoms with E-state index in [1.165, 1.54) is 37.0 Å². The van der Waals surface area contributed by atoms with Gasteiger partial charge in [-0.05, 0) is 42.7 Å². The number of primary amides is 1. The van der Waals surface area contributed by atoms with E-state index in [-0.39, 0.29) is 22.3 Å². The summed E-state index contributed by atoms with van der Waals surface area (Å²) in [4.78, 5) is 11.6. The molecule has 1 heterocycles. The lowest BCUT2D eigenvalue weighted by Gasteiger charge is -2.31. The topological polar surface area (TPSA) is 60.9 Å². The van der Waals surface area contributed by atoms with Crippen LogP contribution in [0.15, 0.2) is 48.8 Å². The molecule has 32 heavy (non-hydrogen) atoms. The SMILES string of the molecule is Cc1cc(C(F)(C(F)(F)F)C(F)(F)F)cc(C)c1-c1cnn(-c2ccccc2C(N)=O)c1. The highest BCUT2D eigenvalue weighted by Gasteiger charge is 2.73. The third-order valence-corrected chi connectivity index (χ3v) is 5.00. The van der Waals surface area contributed by atoms with Gasteiger partial charge in [-0.3, -0.25) is 4.79 Å². The zero-order valence-electron chi connectivity index (χ0n) is 16.6. The van der Waals surface area contributed by atoms with Crippen LogP contribution in [0.1, 0.15) is 27.0 Å². The predicted octanol–water partition coefficient (Wildman–Crippen LogP) is 5.54. The Morgan fingerprint density at radius 3 is 1.97 bits per heavy atom. The van der Waals surface area contributed by atoms with Crippen molar-refractivity contribution in [3.05, 3.63) is 71.0 Å². The lowest BCUT2D eigenvalue weighted by molar-refractivity contribution is -0.348. The van der Waals surface area contributed by atoms with Crippen LogP contribution in [0.3, 0.4) is 0 Å². The average Bonchev–Trinajstić information content (AvgIpc) is 3.14. The number of rotatable bonds is 4. The molecule has 4 nitrogen and oxygen atoms in total. The molecule has 1 amide bonds. The number of para-hydroxylation sites is 1. The van der Waals surface area contributed by atoms with Crippen molar-refractivity contribution in [2.24, 2.45) is 5.73 Å². The van der Waals surface area contributed by atoms with E-state index in [2.05, 4.69) is 5.10 Å². The van der Waals surface area contributed by atoms with Crippen molar-refractivity contribution in [3.8, 4) is 16.8 Å². The van der Waals surface area contributed by atoms with Gasteiger partial charge >= 0.3 is 18.0 Å². The van der Waals surface area contributed by atoms with Crippen molar-refractivity contribution in [3.63, 3.8) is 0 Å². The second kappa shape index (κ2) is 7.64. The summed E-state index contributed by atoms with van der Waals surface area (Å²) in [6.45, 7) is 2.54. The molecule has 0 aliphatic carbocycles. The Bertz CT molecular complexity index is 1140. The molecule has 1 aromatic heterocycles. The molecular weight excluding hydrogens is 443 g/mol. The Morgan fingerprint density at radius 1 is 0.938 bits per heavy atom. The van der Waals surface area contributed by atoms with E-state index in [4.69, 9.17) is 5.73 Å². The largest absolute Gasteiger partial charge is 0.435 e. The summed E-state index contributed by atoms with van der Waals surface area (Å²) >= 11 is 0. The highest BCUT2D eigenvalue weighted by Crippen LogP contribution is 2.53. The minimum absolute atomic E-state index is 0.0155. The lowest BCUT2D eigenvalue weighted by Crippen LogP contribution is -2.50. The van der Waals surface area contributed by atoms with Gasteiger partial charge in [-0.25, -0.2) is 9.07 Å². The normalized spacial score (nSPS) is 12.8. The van der Waals surface area contributed by atoms with Crippen LogP contribution in [0.2, 0.25) is 0 Å². The van der Waals surface area contributed by atoms with Crippen LogP contribution < -0.4 is 5.73 Å². The summed E-state index contributed by atoms with van der Waals surface area (Å²) in [7, 11) is 0. The minimum Gasteiger partial charge on any atom is -0.366 e. The summed E-state index contributed by atoms with van der Waals surface area (Å²) in [5.41, 5.74) is -0.645. The highest BCUT2D eigenvalue weighted by molar-refractivity contribution is 5.96. The molecule has 3 rings (SSSR count). The molecule has 0 saturated carbocycles. The quantitative estimate of drug-likeness (QED) is 0.521. The molecule has 0 aliphatic rings. The number of benzene rings is 2. The Hall–Kier alpha value is -3.37. The van der Waals surface area contributed by atoms with Gasteiger partial charge in [-0.1, -0.05) is 24.3 Å². The summed E-state index contributed by atoms with van der Waals surface area (Å²) < 4.78 is 94.5. The van der Waals surface area contributed by atoms with Crippen LogP contribution in [0.25, 0.3) is 16.8 Å². The van der Waals surface area contributed by atoms with Crippen molar-refractivity contribution < 1.29 is 35.5 Å². The summed E-state index contributed by atoms with van der Waals surface area (Å²) in [6.07, 6.45) is -9.64. The number of amides is 1. The Morgan fingerprint density at radius 2 is 1.47 bits per heavy atom. The van der Waals surface area contributed by atoms with Gasteiger partial charge in [0, 0.05) is 17.3 Å². The third-order valence-electron chi connectivity index (χ3n) is 5.00. The van der Waals surface area contributed by atoms with Crippen LogP contribution in [0, 0.1) is 13.8 Å². The van der Waals surface area contributed by atoms with Crippen molar-refractivity contribution in [1.29, 1.82) is 0 Å². The molecule has 170 valence electrons. The number of alkyl halides is 7. The zero-order valence-corrected chi connectivity index (χ0v) is 16.6. The van der Waals surface area contributed by atoms with Gasteiger partial charge in [0.05, 0.1) is 17.4 Å². The Balaban J connectivity index is 2.13. The third kappa shape index (κ3) is 3.71. The van der Waals surface area contributed by atoms with Crippen molar-refractivity contribution >= 4 is 5.91 Å². The number of hydrogen-bond acceptors (Lipinski definition) is 2. The molecule has 3 aromatic rings. The maximum atomic E-state index is 14.5. The van der Waals surface area contributed by atoms with E-state index in [0.717, 1.165) is 0 Å². The van der Waals surface area contributed by atoms with Gasteiger partial charge in [0.15, 0.2) is 0 Å². The molecule has 0 fully saturated rings. The number of nitrogens with zero attached hydrogens (tertiary/aromatic N) is 2. The van der Waals surface area contributed by atoms with E-state index >= 15 is 0 Å². The molecule has 0 saturated heterocycles. The van der Waals surface area contributed by atoms with Crippen LogP contribution in [0.4, 0.5) is 30.7 Å². The van der Waals surface area contributed by atoms with Gasteiger partial charge in [-0.2, -0.15) is 31.4 Å². The summed E-state index contributed by atoms with van der Waals surface area (Å²) in [6, 6.07) is 7.30. The van der Waals surface area contributed by atoms with Crippen LogP contribution in [-0.4, -0.2) is 28.0 Å². The molecule has 0 unspecified atom stereocenters. The zero-order chi connectivity index (χ0) is 24.1. The number of aromatic nitrogens is 2. The molecule has 0 atom stereocenters. The molecule has 2 N–H and O–H groups in total. The second-order valence-electron chi connectivity index (χ2n) is 7.19. The van der Waals surface area contributed by atoms with Crippen molar-refractivity contribution in [1.82, 2.24) is 9.78 Å². The molecule has 11 heteroatoms. The number of carbonyl (C=O) groups excluding carboxylic acids is 1. The molecular formula is C21H16F7N3O.